The van der Waals surface area contributed by atoms with Gasteiger partial charge in [0.2, 0.25) is 5.91 Å². The minimum atomic E-state index is 0.257. The summed E-state index contributed by atoms with van der Waals surface area (Å²) in [5.41, 5.74) is 1.16. The van der Waals surface area contributed by atoms with Gasteiger partial charge in [0.25, 0.3) is 0 Å². The highest BCUT2D eigenvalue weighted by Gasteiger charge is 2.21. The van der Waals surface area contributed by atoms with E-state index in [1.54, 1.807) is 7.11 Å². The minimum absolute atomic E-state index is 0.257. The zero-order valence-electron chi connectivity index (χ0n) is 17.3. The van der Waals surface area contributed by atoms with Gasteiger partial charge in [-0.2, -0.15) is 0 Å². The smallest absolute Gasteiger partial charge is 0.222 e. The van der Waals surface area contributed by atoms with E-state index in [9.17, 15) is 4.79 Å². The van der Waals surface area contributed by atoms with Crippen LogP contribution in [0, 0.1) is 0 Å². The number of anilines is 1. The highest BCUT2D eigenvalue weighted by molar-refractivity contribution is 5.76. The van der Waals surface area contributed by atoms with Gasteiger partial charge in [-0.1, -0.05) is 18.6 Å². The van der Waals surface area contributed by atoms with E-state index in [-0.39, 0.29) is 5.91 Å². The molecule has 156 valence electrons. The summed E-state index contributed by atoms with van der Waals surface area (Å²) in [6.45, 7) is 6.16. The van der Waals surface area contributed by atoms with Crippen molar-refractivity contribution in [3.63, 3.8) is 0 Å². The van der Waals surface area contributed by atoms with Crippen LogP contribution in [0.5, 0.6) is 5.75 Å². The van der Waals surface area contributed by atoms with Gasteiger partial charge >= 0.3 is 0 Å². The lowest BCUT2D eigenvalue weighted by Gasteiger charge is -2.36. The van der Waals surface area contributed by atoms with Crippen LogP contribution in [0.4, 0.5) is 5.69 Å². The fourth-order valence-electron chi connectivity index (χ4n) is 4.24. The third-order valence-electron chi connectivity index (χ3n) is 5.91. The maximum Gasteiger partial charge on any atom is 0.222 e. The van der Waals surface area contributed by atoms with Crippen LogP contribution in [-0.2, 0) is 17.9 Å². The molecule has 0 radical (unpaired) electrons. The van der Waals surface area contributed by atoms with Crippen LogP contribution in [0.15, 0.2) is 40.8 Å². The summed E-state index contributed by atoms with van der Waals surface area (Å²) in [6.07, 6.45) is 3.92. The van der Waals surface area contributed by atoms with Gasteiger partial charge in [-0.05, 0) is 37.1 Å². The van der Waals surface area contributed by atoms with Gasteiger partial charge in [0.1, 0.15) is 17.3 Å². The molecule has 0 atom stereocenters. The van der Waals surface area contributed by atoms with Crippen molar-refractivity contribution in [3.05, 3.63) is 47.9 Å². The predicted molar refractivity (Wildman–Crippen MR) is 113 cm³/mol. The molecule has 1 aromatic heterocycles. The minimum Gasteiger partial charge on any atom is -0.495 e. The maximum absolute atomic E-state index is 12.2. The number of hydrogen-bond donors (Lipinski definition) is 0. The van der Waals surface area contributed by atoms with E-state index >= 15 is 0 Å². The summed E-state index contributed by atoms with van der Waals surface area (Å²) in [7, 11) is 1.72. The maximum atomic E-state index is 12.2. The Morgan fingerprint density at radius 2 is 1.66 bits per heavy atom. The van der Waals surface area contributed by atoms with Crippen molar-refractivity contribution in [1.29, 1.82) is 0 Å². The lowest BCUT2D eigenvalue weighted by molar-refractivity contribution is -0.131. The Morgan fingerprint density at radius 3 is 2.45 bits per heavy atom. The molecule has 3 heterocycles. The molecule has 0 aliphatic carbocycles. The molecule has 2 fully saturated rings. The van der Waals surface area contributed by atoms with Crippen molar-refractivity contribution >= 4 is 11.6 Å². The monoisotopic (exact) mass is 397 g/mol. The Bertz CT molecular complexity index is 811. The Kier molecular flexibility index (Phi) is 6.39. The normalized spacial score (nSPS) is 18.7. The number of amides is 1. The summed E-state index contributed by atoms with van der Waals surface area (Å²) in [5, 5.41) is 0. The quantitative estimate of drug-likeness (QED) is 0.747. The first-order valence-corrected chi connectivity index (χ1v) is 10.7. The fraction of sp³-hybridized carbons (Fsp3) is 0.522. The average molecular weight is 398 g/mol. The molecular formula is C23H31N3O3. The molecule has 2 aliphatic heterocycles. The standard InChI is InChI=1S/C23H31N3O3/c1-28-22-8-5-4-7-21(22)25-15-13-24(14-16-25)17-19-10-11-20(29-19)18-26-12-6-2-3-9-23(26)27/h4-5,7-8,10-11H,2-3,6,9,12-18H2,1H3. The number of nitrogens with zero attached hydrogens (tertiary/aromatic N) is 3. The fourth-order valence-corrected chi connectivity index (χ4v) is 4.24. The van der Waals surface area contributed by atoms with E-state index in [1.807, 2.05) is 23.1 Å². The van der Waals surface area contributed by atoms with Gasteiger partial charge in [0, 0.05) is 39.1 Å². The van der Waals surface area contributed by atoms with Crippen LogP contribution in [0.2, 0.25) is 0 Å². The molecule has 6 nitrogen and oxygen atoms in total. The van der Waals surface area contributed by atoms with E-state index in [1.165, 1.54) is 0 Å². The number of ether oxygens (including phenoxy) is 1. The highest BCUT2D eigenvalue weighted by Crippen LogP contribution is 2.28. The van der Waals surface area contributed by atoms with Crippen molar-refractivity contribution in [3.8, 4) is 5.75 Å². The molecule has 2 saturated heterocycles. The van der Waals surface area contributed by atoms with Gasteiger partial charge in [-0.3, -0.25) is 9.69 Å². The molecule has 0 bridgehead atoms. The number of hydrogen-bond acceptors (Lipinski definition) is 5. The Hall–Kier alpha value is -2.47. The number of para-hydroxylation sites is 2. The van der Waals surface area contributed by atoms with E-state index < -0.39 is 0 Å². The second-order valence-corrected chi connectivity index (χ2v) is 7.93. The van der Waals surface area contributed by atoms with Gasteiger partial charge in [-0.25, -0.2) is 0 Å². The van der Waals surface area contributed by atoms with Gasteiger partial charge in [-0.15, -0.1) is 0 Å². The average Bonchev–Trinajstić information content (AvgIpc) is 3.09. The first kappa shape index (κ1) is 19.8. The van der Waals surface area contributed by atoms with Crippen molar-refractivity contribution in [1.82, 2.24) is 9.80 Å². The zero-order chi connectivity index (χ0) is 20.1. The Balaban J connectivity index is 1.29. The molecule has 1 aromatic carbocycles. The molecule has 1 amide bonds. The SMILES string of the molecule is COc1ccccc1N1CCN(Cc2ccc(CN3CCCCCC3=O)o2)CC1. The number of benzene rings is 1. The number of carbonyl (C=O) groups excluding carboxylic acids is 1. The molecule has 2 aromatic rings. The Morgan fingerprint density at radius 1 is 0.897 bits per heavy atom. The summed E-state index contributed by atoms with van der Waals surface area (Å²) in [6, 6.07) is 12.3. The van der Waals surface area contributed by atoms with E-state index in [0.29, 0.717) is 13.0 Å². The third-order valence-corrected chi connectivity index (χ3v) is 5.91. The molecule has 0 N–H and O–H groups in total. The molecule has 29 heavy (non-hydrogen) atoms. The number of piperazine rings is 1. The lowest BCUT2D eigenvalue weighted by atomic mass is 10.2. The second-order valence-electron chi connectivity index (χ2n) is 7.93. The van der Waals surface area contributed by atoms with E-state index in [4.69, 9.17) is 9.15 Å². The molecule has 6 heteroatoms. The van der Waals surface area contributed by atoms with E-state index in [2.05, 4.69) is 28.0 Å². The molecule has 0 unspecified atom stereocenters. The third kappa shape index (κ3) is 4.93. The number of carbonyl (C=O) groups is 1. The molecule has 2 aliphatic rings. The Labute approximate surface area is 173 Å². The van der Waals surface area contributed by atoms with Gasteiger partial charge in [0.15, 0.2) is 0 Å². The number of rotatable bonds is 6. The first-order chi connectivity index (χ1) is 14.2. The van der Waals surface area contributed by atoms with Gasteiger partial charge < -0.3 is 19.0 Å². The number of methoxy groups -OCH3 is 1. The highest BCUT2D eigenvalue weighted by atomic mass is 16.5. The van der Waals surface area contributed by atoms with Crippen LogP contribution >= 0.6 is 0 Å². The molecular weight excluding hydrogens is 366 g/mol. The topological polar surface area (TPSA) is 49.2 Å². The number of likely N-dealkylation sites (tertiary alicyclic amines) is 1. The van der Waals surface area contributed by atoms with E-state index in [0.717, 1.165) is 81.5 Å². The van der Waals surface area contributed by atoms with Crippen LogP contribution < -0.4 is 9.64 Å². The summed E-state index contributed by atoms with van der Waals surface area (Å²) in [5.74, 6) is 3.06. The summed E-state index contributed by atoms with van der Waals surface area (Å²) in [4.78, 5) is 18.9. The predicted octanol–water partition coefficient (Wildman–Crippen LogP) is 3.51. The molecule has 0 saturated carbocycles. The van der Waals surface area contributed by atoms with Crippen LogP contribution in [0.25, 0.3) is 0 Å². The summed E-state index contributed by atoms with van der Waals surface area (Å²) >= 11 is 0. The second kappa shape index (κ2) is 9.35. The zero-order valence-corrected chi connectivity index (χ0v) is 17.3. The van der Waals surface area contributed by atoms with Gasteiger partial charge in [0.05, 0.1) is 25.9 Å². The van der Waals surface area contributed by atoms with Crippen molar-refractivity contribution in [2.75, 3.05) is 44.7 Å². The van der Waals surface area contributed by atoms with Crippen LogP contribution in [-0.4, -0.2) is 55.5 Å². The van der Waals surface area contributed by atoms with Crippen LogP contribution in [0.3, 0.4) is 0 Å². The first-order valence-electron chi connectivity index (χ1n) is 10.7. The van der Waals surface area contributed by atoms with Crippen molar-refractivity contribution in [2.45, 2.75) is 38.8 Å². The molecule has 0 spiro atoms. The lowest BCUT2D eigenvalue weighted by Crippen LogP contribution is -2.46. The van der Waals surface area contributed by atoms with Crippen molar-refractivity contribution < 1.29 is 13.9 Å². The number of furan rings is 1. The van der Waals surface area contributed by atoms with Crippen LogP contribution in [0.1, 0.15) is 37.2 Å². The molecule has 4 rings (SSSR count). The largest absolute Gasteiger partial charge is 0.495 e. The van der Waals surface area contributed by atoms with Crippen molar-refractivity contribution in [2.24, 2.45) is 0 Å². The summed E-state index contributed by atoms with van der Waals surface area (Å²) < 4.78 is 11.6.